The molecule has 1 aromatic carbocycles. The molecule has 1 unspecified atom stereocenters. The van der Waals surface area contributed by atoms with Crippen molar-refractivity contribution < 1.29 is 13.2 Å². The fourth-order valence-corrected chi connectivity index (χ4v) is 7.79. The monoisotopic (exact) mass is 475 g/mol. The van der Waals surface area contributed by atoms with Crippen LogP contribution in [0, 0.1) is 29.1 Å². The van der Waals surface area contributed by atoms with Gasteiger partial charge in [-0.25, -0.2) is 18.4 Å². The van der Waals surface area contributed by atoms with Crippen LogP contribution in [0.1, 0.15) is 76.7 Å². The van der Waals surface area contributed by atoms with Crippen LogP contribution in [0.25, 0.3) is 0 Å². The van der Waals surface area contributed by atoms with Crippen molar-refractivity contribution in [2.45, 2.75) is 82.4 Å². The van der Waals surface area contributed by atoms with E-state index in [4.69, 9.17) is 5.14 Å². The summed E-state index contributed by atoms with van der Waals surface area (Å²) in [5, 5.41) is 11.0. The lowest BCUT2D eigenvalue weighted by molar-refractivity contribution is -0.0601. The first-order chi connectivity index (χ1) is 15.7. The maximum absolute atomic E-state index is 12.2. The third-order valence-corrected chi connectivity index (χ3v) is 9.54. The molecule has 0 aromatic heterocycles. The number of nitrogens with one attached hydrogen (secondary N) is 2. The molecule has 4 fully saturated rings. The fourth-order valence-electron chi connectivity index (χ4n) is 7.28. The van der Waals surface area contributed by atoms with Crippen molar-refractivity contribution >= 4 is 16.1 Å². The molecule has 1 atom stereocenters. The average molecular weight is 476 g/mol. The van der Waals surface area contributed by atoms with Crippen LogP contribution in [-0.2, 0) is 16.4 Å². The summed E-state index contributed by atoms with van der Waals surface area (Å²) < 4.78 is 22.6. The zero-order valence-electron chi connectivity index (χ0n) is 20.0. The predicted molar refractivity (Wildman–Crippen MR) is 131 cm³/mol. The second-order valence-corrected chi connectivity index (χ2v) is 12.7. The Morgan fingerprint density at radius 1 is 1.00 bits per heavy atom. The summed E-state index contributed by atoms with van der Waals surface area (Å²) in [7, 11) is -3.67. The summed E-state index contributed by atoms with van der Waals surface area (Å²) in [6.45, 7) is 3.50. The number of amides is 2. The van der Waals surface area contributed by atoms with Crippen molar-refractivity contribution in [1.29, 1.82) is 0 Å². The van der Waals surface area contributed by atoms with Crippen LogP contribution >= 0.6 is 0 Å². The Hall–Kier alpha value is -1.60. The van der Waals surface area contributed by atoms with Crippen molar-refractivity contribution in [2.24, 2.45) is 34.2 Å². The molecule has 0 heterocycles. The summed E-state index contributed by atoms with van der Waals surface area (Å²) in [5.41, 5.74) is 1.61. The van der Waals surface area contributed by atoms with Gasteiger partial charge < -0.3 is 10.6 Å². The Morgan fingerprint density at radius 2 is 1.58 bits per heavy atom. The van der Waals surface area contributed by atoms with Gasteiger partial charge in [0.25, 0.3) is 0 Å². The maximum atomic E-state index is 12.2. The second kappa shape index (κ2) is 10.3. The molecule has 4 aliphatic rings. The van der Waals surface area contributed by atoms with Gasteiger partial charge in [0.1, 0.15) is 0 Å². The Balaban J connectivity index is 1.12. The lowest BCUT2D eigenvalue weighted by Gasteiger charge is -2.57. The molecule has 33 heavy (non-hydrogen) atoms. The number of rotatable bonds is 11. The van der Waals surface area contributed by atoms with Gasteiger partial charge in [-0.1, -0.05) is 25.5 Å². The fraction of sp³-hybridized carbons (Fsp3) is 0.731. The van der Waals surface area contributed by atoms with Crippen LogP contribution in [0.2, 0.25) is 0 Å². The molecule has 7 heteroatoms. The van der Waals surface area contributed by atoms with E-state index in [1.54, 1.807) is 12.1 Å². The van der Waals surface area contributed by atoms with Gasteiger partial charge in [0, 0.05) is 13.1 Å². The summed E-state index contributed by atoms with van der Waals surface area (Å²) >= 11 is 0. The number of hydrogen-bond donors (Lipinski definition) is 3. The quantitative estimate of drug-likeness (QED) is 0.436. The summed E-state index contributed by atoms with van der Waals surface area (Å²) in [6.07, 6.45) is 14.6. The van der Waals surface area contributed by atoms with Crippen LogP contribution in [0.15, 0.2) is 29.2 Å². The Morgan fingerprint density at radius 3 is 2.12 bits per heavy atom. The number of carbonyl (C=O) groups is 1. The summed E-state index contributed by atoms with van der Waals surface area (Å²) in [5.74, 6) is 3.76. The molecule has 1 aromatic rings. The van der Waals surface area contributed by atoms with Crippen LogP contribution in [0.3, 0.4) is 0 Å². The number of primary sulfonamides is 1. The summed E-state index contributed by atoms with van der Waals surface area (Å²) in [4.78, 5) is 12.3. The molecule has 0 saturated heterocycles. The maximum Gasteiger partial charge on any atom is 0.314 e. The highest BCUT2D eigenvalue weighted by atomic mass is 32.2. The first-order valence-electron chi connectivity index (χ1n) is 12.9. The number of nitrogens with two attached hydrogens (primary N) is 1. The third-order valence-electron chi connectivity index (χ3n) is 8.61. The van der Waals surface area contributed by atoms with E-state index in [0.717, 1.165) is 29.7 Å². The van der Waals surface area contributed by atoms with Gasteiger partial charge >= 0.3 is 6.03 Å². The molecule has 4 saturated carbocycles. The first kappa shape index (κ1) is 24.5. The van der Waals surface area contributed by atoms with Crippen molar-refractivity contribution in [1.82, 2.24) is 10.6 Å². The van der Waals surface area contributed by atoms with Gasteiger partial charge in [-0.05, 0) is 111 Å². The third kappa shape index (κ3) is 6.50. The standard InChI is InChI=1S/C26H41N3O3S/c1-2-19(7-10-26-16-21-13-22(17-26)15-23(14-21)18-26)8-11-28-25(30)29-12-9-20-3-5-24(6-4-20)33(27,31)32/h3-6,19,21-23H,2,7-18H2,1H3,(H2,27,31,32)(H2,28,29,30). The summed E-state index contributed by atoms with van der Waals surface area (Å²) in [6, 6.07) is 6.33. The largest absolute Gasteiger partial charge is 0.338 e. The highest BCUT2D eigenvalue weighted by Crippen LogP contribution is 2.61. The van der Waals surface area contributed by atoms with Crippen LogP contribution < -0.4 is 15.8 Å². The molecule has 4 bridgehead atoms. The molecule has 4 aliphatic carbocycles. The molecule has 5 rings (SSSR count). The molecule has 4 N–H and O–H groups in total. The highest BCUT2D eigenvalue weighted by molar-refractivity contribution is 7.89. The molecular formula is C26H41N3O3S. The van der Waals surface area contributed by atoms with E-state index in [1.807, 2.05) is 0 Å². The normalized spacial score (nSPS) is 29.1. The van der Waals surface area contributed by atoms with Crippen molar-refractivity contribution in [3.8, 4) is 0 Å². The zero-order valence-corrected chi connectivity index (χ0v) is 20.8. The lowest BCUT2D eigenvalue weighted by Crippen LogP contribution is -2.46. The first-order valence-corrected chi connectivity index (χ1v) is 14.4. The minimum Gasteiger partial charge on any atom is -0.338 e. The average Bonchev–Trinajstić information content (AvgIpc) is 2.75. The Kier molecular flexibility index (Phi) is 7.69. The lowest BCUT2D eigenvalue weighted by atomic mass is 9.48. The van der Waals surface area contributed by atoms with E-state index in [-0.39, 0.29) is 10.9 Å². The van der Waals surface area contributed by atoms with Gasteiger partial charge in [-0.2, -0.15) is 0 Å². The highest BCUT2D eigenvalue weighted by Gasteiger charge is 2.50. The predicted octanol–water partition coefficient (Wildman–Crippen LogP) is 4.59. The van der Waals surface area contributed by atoms with E-state index in [2.05, 4.69) is 17.6 Å². The van der Waals surface area contributed by atoms with Gasteiger partial charge in [-0.3, -0.25) is 0 Å². The SMILES string of the molecule is CCC(CCNC(=O)NCCc1ccc(S(N)(=O)=O)cc1)CCC12CC3CC(CC(C3)C1)C2. The number of sulfonamides is 1. The molecule has 2 amide bonds. The van der Waals surface area contributed by atoms with Crippen LogP contribution in [0.4, 0.5) is 4.79 Å². The Labute approximate surface area is 199 Å². The minimum absolute atomic E-state index is 0.102. The van der Waals surface area contributed by atoms with E-state index in [0.29, 0.717) is 30.8 Å². The number of hydrogen-bond acceptors (Lipinski definition) is 3. The molecule has 0 spiro atoms. The van der Waals surface area contributed by atoms with Gasteiger partial charge in [-0.15, -0.1) is 0 Å². The number of benzene rings is 1. The number of urea groups is 1. The molecule has 0 aliphatic heterocycles. The van der Waals surface area contributed by atoms with E-state index in [1.165, 1.54) is 69.9 Å². The Bertz CT molecular complexity index is 878. The molecular weight excluding hydrogens is 434 g/mol. The van der Waals surface area contributed by atoms with Gasteiger partial charge in [0.05, 0.1) is 4.90 Å². The van der Waals surface area contributed by atoms with Crippen LogP contribution in [0.5, 0.6) is 0 Å². The topological polar surface area (TPSA) is 101 Å². The van der Waals surface area contributed by atoms with Crippen molar-refractivity contribution in [3.05, 3.63) is 29.8 Å². The van der Waals surface area contributed by atoms with Gasteiger partial charge in [0.2, 0.25) is 10.0 Å². The second-order valence-electron chi connectivity index (χ2n) is 11.1. The molecule has 0 radical (unpaired) electrons. The van der Waals surface area contributed by atoms with Gasteiger partial charge in [0.15, 0.2) is 0 Å². The number of carbonyl (C=O) groups excluding carboxylic acids is 1. The van der Waals surface area contributed by atoms with E-state index >= 15 is 0 Å². The van der Waals surface area contributed by atoms with E-state index < -0.39 is 10.0 Å². The smallest absolute Gasteiger partial charge is 0.314 e. The minimum atomic E-state index is -3.67. The molecule has 184 valence electrons. The van der Waals surface area contributed by atoms with Crippen LogP contribution in [-0.4, -0.2) is 27.5 Å². The van der Waals surface area contributed by atoms with Crippen molar-refractivity contribution in [3.63, 3.8) is 0 Å². The van der Waals surface area contributed by atoms with Crippen molar-refractivity contribution in [2.75, 3.05) is 13.1 Å². The molecule has 6 nitrogen and oxygen atoms in total. The van der Waals surface area contributed by atoms with E-state index in [9.17, 15) is 13.2 Å². The zero-order chi connectivity index (χ0) is 23.5.